The molecule has 8 nitrogen and oxygen atoms in total. The highest BCUT2D eigenvalue weighted by Crippen LogP contribution is 2.30. The van der Waals surface area contributed by atoms with E-state index in [9.17, 15) is 9.59 Å². The van der Waals surface area contributed by atoms with Gasteiger partial charge in [0.2, 0.25) is 5.91 Å². The van der Waals surface area contributed by atoms with Crippen LogP contribution in [0.15, 0.2) is 47.3 Å². The number of nitrogens with one attached hydrogen (secondary N) is 1. The SMILES string of the molecule is COc1ccc(OC)c(NC(=O)Cn2nc(-c3ccc(C)cc3)c3sc(C)nc3c2=O)c1. The molecule has 0 aliphatic rings. The fraction of sp³-hybridized carbons (Fsp3) is 0.217. The van der Waals surface area contributed by atoms with Crippen molar-refractivity contribution in [2.75, 3.05) is 19.5 Å². The second-order valence-corrected chi connectivity index (χ2v) is 8.41. The van der Waals surface area contributed by atoms with Crippen LogP contribution in [0.2, 0.25) is 0 Å². The number of thiazole rings is 1. The maximum atomic E-state index is 13.0. The molecule has 2 heterocycles. The molecule has 0 unspecified atom stereocenters. The molecule has 0 saturated heterocycles. The third-order valence-corrected chi connectivity index (χ3v) is 5.88. The van der Waals surface area contributed by atoms with Gasteiger partial charge in [0, 0.05) is 11.6 Å². The minimum atomic E-state index is -0.424. The molecule has 0 bridgehead atoms. The van der Waals surface area contributed by atoms with Crippen LogP contribution < -0.4 is 20.3 Å². The molecule has 0 atom stereocenters. The number of benzene rings is 2. The van der Waals surface area contributed by atoms with E-state index in [0.29, 0.717) is 33.1 Å². The molecule has 9 heteroatoms. The van der Waals surface area contributed by atoms with Crippen molar-refractivity contribution in [2.24, 2.45) is 0 Å². The Morgan fingerprint density at radius 1 is 1.09 bits per heavy atom. The third-order valence-electron chi connectivity index (χ3n) is 4.91. The number of aromatic nitrogens is 3. The largest absolute Gasteiger partial charge is 0.497 e. The van der Waals surface area contributed by atoms with E-state index in [2.05, 4.69) is 15.4 Å². The minimum absolute atomic E-state index is 0.273. The lowest BCUT2D eigenvalue weighted by atomic mass is 10.1. The van der Waals surface area contributed by atoms with Gasteiger partial charge in [-0.15, -0.1) is 11.3 Å². The van der Waals surface area contributed by atoms with Gasteiger partial charge in [-0.1, -0.05) is 29.8 Å². The molecular formula is C23H22N4O4S. The van der Waals surface area contributed by atoms with Gasteiger partial charge in [-0.3, -0.25) is 9.59 Å². The highest BCUT2D eigenvalue weighted by Gasteiger charge is 2.18. The summed E-state index contributed by atoms with van der Waals surface area (Å²) in [6.07, 6.45) is 0. The van der Waals surface area contributed by atoms with Crippen LogP contribution in [0.1, 0.15) is 10.6 Å². The summed E-state index contributed by atoms with van der Waals surface area (Å²) in [4.78, 5) is 30.2. The average Bonchev–Trinajstić information content (AvgIpc) is 3.18. The Bertz CT molecular complexity index is 1360. The van der Waals surface area contributed by atoms with Crippen molar-refractivity contribution in [3.05, 3.63) is 63.4 Å². The fourth-order valence-corrected chi connectivity index (χ4v) is 4.23. The number of amides is 1. The van der Waals surface area contributed by atoms with Gasteiger partial charge in [0.1, 0.15) is 23.7 Å². The zero-order chi connectivity index (χ0) is 22.8. The molecular weight excluding hydrogens is 428 g/mol. The van der Waals surface area contributed by atoms with Crippen LogP contribution >= 0.6 is 11.3 Å². The van der Waals surface area contributed by atoms with Crippen molar-refractivity contribution < 1.29 is 14.3 Å². The smallest absolute Gasteiger partial charge is 0.294 e. The molecule has 2 aromatic carbocycles. The second kappa shape index (κ2) is 8.80. The van der Waals surface area contributed by atoms with Crippen LogP contribution in [0, 0.1) is 13.8 Å². The van der Waals surface area contributed by atoms with Crippen molar-refractivity contribution >= 4 is 33.1 Å². The molecule has 0 aliphatic heterocycles. The van der Waals surface area contributed by atoms with Crippen molar-refractivity contribution in [3.63, 3.8) is 0 Å². The number of hydrogen-bond donors (Lipinski definition) is 1. The maximum absolute atomic E-state index is 13.0. The van der Waals surface area contributed by atoms with Crippen molar-refractivity contribution in [2.45, 2.75) is 20.4 Å². The predicted octanol–water partition coefficient (Wildman–Crippen LogP) is 3.79. The first-order valence-electron chi connectivity index (χ1n) is 9.86. The molecule has 0 aliphatic carbocycles. The zero-order valence-corrected chi connectivity index (χ0v) is 18.9. The fourth-order valence-electron chi connectivity index (χ4n) is 3.31. The van der Waals surface area contributed by atoms with Crippen molar-refractivity contribution in [3.8, 4) is 22.8 Å². The van der Waals surface area contributed by atoms with E-state index in [0.717, 1.165) is 20.8 Å². The number of anilines is 1. The lowest BCUT2D eigenvalue weighted by Crippen LogP contribution is -2.30. The summed E-state index contributed by atoms with van der Waals surface area (Å²) in [5.74, 6) is 0.620. The van der Waals surface area contributed by atoms with E-state index in [4.69, 9.17) is 9.47 Å². The van der Waals surface area contributed by atoms with E-state index >= 15 is 0 Å². The molecule has 4 rings (SSSR count). The normalized spacial score (nSPS) is 10.9. The number of carbonyl (C=O) groups excluding carboxylic acids is 1. The standard InChI is InChI=1S/C23H22N4O4S/c1-13-5-7-15(8-6-13)20-22-21(24-14(2)32-22)23(29)27(26-20)12-19(28)25-17-11-16(30-3)9-10-18(17)31-4/h5-11H,12H2,1-4H3,(H,25,28). The molecule has 0 radical (unpaired) electrons. The molecule has 0 spiro atoms. The Morgan fingerprint density at radius 2 is 1.84 bits per heavy atom. The van der Waals surface area contributed by atoms with Gasteiger partial charge >= 0.3 is 0 Å². The number of hydrogen-bond acceptors (Lipinski definition) is 7. The molecule has 0 saturated carbocycles. The van der Waals surface area contributed by atoms with Gasteiger partial charge in [-0.25, -0.2) is 9.67 Å². The first-order valence-corrected chi connectivity index (χ1v) is 10.7. The number of nitrogens with zero attached hydrogens (tertiary/aromatic N) is 3. The quantitative estimate of drug-likeness (QED) is 0.480. The number of fused-ring (bicyclic) bond motifs is 1. The number of methoxy groups -OCH3 is 2. The molecule has 4 aromatic rings. The third kappa shape index (κ3) is 4.19. The summed E-state index contributed by atoms with van der Waals surface area (Å²) in [5, 5.41) is 8.06. The first-order chi connectivity index (χ1) is 15.4. The van der Waals surface area contributed by atoms with E-state index in [-0.39, 0.29) is 6.54 Å². The van der Waals surface area contributed by atoms with Crippen molar-refractivity contribution in [1.82, 2.24) is 14.8 Å². The zero-order valence-electron chi connectivity index (χ0n) is 18.1. The Hall–Kier alpha value is -3.72. The van der Waals surface area contributed by atoms with Gasteiger partial charge in [0.25, 0.3) is 5.56 Å². The Balaban J connectivity index is 1.72. The van der Waals surface area contributed by atoms with Crippen LogP contribution in [-0.2, 0) is 11.3 Å². The summed E-state index contributed by atoms with van der Waals surface area (Å²) in [7, 11) is 3.05. The average molecular weight is 451 g/mol. The number of aryl methyl sites for hydroxylation is 2. The van der Waals surface area contributed by atoms with Crippen LogP contribution in [0.5, 0.6) is 11.5 Å². The molecule has 2 aromatic heterocycles. The van der Waals surface area contributed by atoms with Crippen LogP contribution in [0.4, 0.5) is 5.69 Å². The molecule has 32 heavy (non-hydrogen) atoms. The van der Waals surface area contributed by atoms with Crippen LogP contribution in [0.3, 0.4) is 0 Å². The highest BCUT2D eigenvalue weighted by atomic mass is 32.1. The van der Waals surface area contributed by atoms with Crippen LogP contribution in [0.25, 0.3) is 21.5 Å². The van der Waals surface area contributed by atoms with Gasteiger partial charge in [0.05, 0.1) is 29.6 Å². The molecule has 1 amide bonds. The summed E-state index contributed by atoms with van der Waals surface area (Å²) < 4.78 is 12.4. The summed E-state index contributed by atoms with van der Waals surface area (Å²) >= 11 is 1.41. The molecule has 1 N–H and O–H groups in total. The minimum Gasteiger partial charge on any atom is -0.497 e. The van der Waals surface area contributed by atoms with E-state index in [1.807, 2.05) is 38.1 Å². The Labute approximate surface area is 188 Å². The summed E-state index contributed by atoms with van der Waals surface area (Å²) in [5.41, 5.74) is 2.93. The van der Waals surface area contributed by atoms with Gasteiger partial charge in [0.15, 0.2) is 5.52 Å². The summed E-state index contributed by atoms with van der Waals surface area (Å²) in [6.45, 7) is 3.57. The van der Waals surface area contributed by atoms with E-state index in [1.165, 1.54) is 25.6 Å². The molecule has 164 valence electrons. The Kier molecular flexibility index (Phi) is 5.91. The van der Waals surface area contributed by atoms with E-state index in [1.54, 1.807) is 18.2 Å². The number of carbonyl (C=O) groups is 1. The first kappa shape index (κ1) is 21.5. The topological polar surface area (TPSA) is 95.3 Å². The van der Waals surface area contributed by atoms with E-state index < -0.39 is 11.5 Å². The molecule has 0 fully saturated rings. The number of ether oxygens (including phenoxy) is 2. The van der Waals surface area contributed by atoms with Gasteiger partial charge in [-0.2, -0.15) is 5.10 Å². The number of rotatable bonds is 6. The lowest BCUT2D eigenvalue weighted by Gasteiger charge is -2.13. The van der Waals surface area contributed by atoms with Gasteiger partial charge in [-0.05, 0) is 26.0 Å². The predicted molar refractivity (Wildman–Crippen MR) is 125 cm³/mol. The van der Waals surface area contributed by atoms with Crippen molar-refractivity contribution in [1.29, 1.82) is 0 Å². The van der Waals surface area contributed by atoms with Crippen LogP contribution in [-0.4, -0.2) is 34.9 Å². The maximum Gasteiger partial charge on any atom is 0.294 e. The monoisotopic (exact) mass is 450 g/mol. The lowest BCUT2D eigenvalue weighted by molar-refractivity contribution is -0.117. The Morgan fingerprint density at radius 3 is 2.53 bits per heavy atom. The second-order valence-electron chi connectivity index (χ2n) is 7.20. The summed E-state index contributed by atoms with van der Waals surface area (Å²) in [6, 6.07) is 12.9. The highest BCUT2D eigenvalue weighted by molar-refractivity contribution is 7.19. The van der Waals surface area contributed by atoms with Gasteiger partial charge < -0.3 is 14.8 Å².